The molecule has 0 amide bonds. The summed E-state index contributed by atoms with van der Waals surface area (Å²) in [6, 6.07) is 10.4. The molecule has 116 valence electrons. The van der Waals surface area contributed by atoms with E-state index in [2.05, 4.69) is 59.9 Å². The summed E-state index contributed by atoms with van der Waals surface area (Å²) in [5.41, 5.74) is 3.02. The molecule has 0 aromatic heterocycles. The minimum absolute atomic E-state index is 0.612. The van der Waals surface area contributed by atoms with Gasteiger partial charge in [-0.15, -0.1) is 0 Å². The fraction of sp³-hybridized carbons (Fsp3) is 0.667. The zero-order valence-electron chi connectivity index (χ0n) is 13.8. The van der Waals surface area contributed by atoms with Crippen LogP contribution in [0.4, 0.5) is 5.69 Å². The van der Waals surface area contributed by atoms with Crippen molar-refractivity contribution in [2.24, 2.45) is 0 Å². The van der Waals surface area contributed by atoms with Crippen LogP contribution in [0.2, 0.25) is 0 Å². The van der Waals surface area contributed by atoms with Crippen molar-refractivity contribution >= 4 is 5.69 Å². The Morgan fingerprint density at radius 3 is 2.43 bits per heavy atom. The van der Waals surface area contributed by atoms with Crippen molar-refractivity contribution in [3.05, 3.63) is 29.8 Å². The van der Waals surface area contributed by atoms with Gasteiger partial charge in [0, 0.05) is 44.0 Å². The zero-order chi connectivity index (χ0) is 14.8. The van der Waals surface area contributed by atoms with Gasteiger partial charge in [-0.3, -0.25) is 4.90 Å². The quantitative estimate of drug-likeness (QED) is 0.846. The second-order valence-electron chi connectivity index (χ2n) is 6.84. The number of piperazine rings is 1. The van der Waals surface area contributed by atoms with Crippen molar-refractivity contribution < 1.29 is 0 Å². The molecule has 2 aliphatic heterocycles. The highest BCUT2D eigenvalue weighted by molar-refractivity contribution is 5.55. The van der Waals surface area contributed by atoms with Crippen LogP contribution in [0, 0.1) is 0 Å². The summed E-state index contributed by atoms with van der Waals surface area (Å²) in [7, 11) is 2.22. The maximum Gasteiger partial charge on any atom is 0.0415 e. The first-order valence-electron chi connectivity index (χ1n) is 8.45. The highest BCUT2D eigenvalue weighted by atomic mass is 15.3. The monoisotopic (exact) mass is 287 g/mol. The molecule has 2 saturated heterocycles. The van der Waals surface area contributed by atoms with E-state index in [1.165, 1.54) is 38.2 Å². The molecule has 2 heterocycles. The first kappa shape index (κ1) is 14.9. The van der Waals surface area contributed by atoms with Crippen LogP contribution in [0.1, 0.15) is 38.3 Å². The highest BCUT2D eigenvalue weighted by Gasteiger charge is 2.30. The first-order valence-corrected chi connectivity index (χ1v) is 8.45. The van der Waals surface area contributed by atoms with E-state index in [9.17, 15) is 0 Å². The van der Waals surface area contributed by atoms with Gasteiger partial charge in [0.1, 0.15) is 0 Å². The number of likely N-dealkylation sites (N-methyl/N-ethyl adjacent to an activating group) is 1. The summed E-state index contributed by atoms with van der Waals surface area (Å²) < 4.78 is 0. The Labute approximate surface area is 129 Å². The largest absolute Gasteiger partial charge is 0.369 e. The maximum absolute atomic E-state index is 2.68. The van der Waals surface area contributed by atoms with E-state index in [1.807, 2.05) is 0 Å². The summed E-state index contributed by atoms with van der Waals surface area (Å²) in [6.45, 7) is 10.6. The van der Waals surface area contributed by atoms with E-state index in [4.69, 9.17) is 0 Å². The Morgan fingerprint density at radius 2 is 1.71 bits per heavy atom. The minimum Gasteiger partial charge on any atom is -0.369 e. The SMILES string of the molecule is CC(C)N1CCCC1c1ccccc1N1CCN(C)CC1. The summed E-state index contributed by atoms with van der Waals surface area (Å²) >= 11 is 0. The van der Waals surface area contributed by atoms with Crippen molar-refractivity contribution in [2.75, 3.05) is 44.7 Å². The number of likely N-dealkylation sites (tertiary alicyclic amines) is 1. The van der Waals surface area contributed by atoms with Crippen molar-refractivity contribution in [3.63, 3.8) is 0 Å². The van der Waals surface area contributed by atoms with Crippen molar-refractivity contribution in [3.8, 4) is 0 Å². The first-order chi connectivity index (χ1) is 10.2. The second-order valence-corrected chi connectivity index (χ2v) is 6.84. The van der Waals surface area contributed by atoms with E-state index in [0.29, 0.717) is 12.1 Å². The van der Waals surface area contributed by atoms with Gasteiger partial charge in [0.05, 0.1) is 0 Å². The summed E-state index contributed by atoms with van der Waals surface area (Å²) in [5.74, 6) is 0. The van der Waals surface area contributed by atoms with E-state index in [-0.39, 0.29) is 0 Å². The summed E-state index contributed by atoms with van der Waals surface area (Å²) in [4.78, 5) is 7.69. The smallest absolute Gasteiger partial charge is 0.0415 e. The van der Waals surface area contributed by atoms with Crippen LogP contribution >= 0.6 is 0 Å². The van der Waals surface area contributed by atoms with Crippen LogP contribution in [0.25, 0.3) is 0 Å². The Kier molecular flexibility index (Phi) is 4.51. The van der Waals surface area contributed by atoms with Crippen LogP contribution in [0.15, 0.2) is 24.3 Å². The Bertz CT molecular complexity index is 463. The molecule has 21 heavy (non-hydrogen) atoms. The number of nitrogens with zero attached hydrogens (tertiary/aromatic N) is 3. The molecule has 1 aromatic carbocycles. The maximum atomic E-state index is 2.68. The van der Waals surface area contributed by atoms with Crippen molar-refractivity contribution in [2.45, 2.75) is 38.8 Å². The minimum atomic E-state index is 0.612. The molecular formula is C18H29N3. The lowest BCUT2D eigenvalue weighted by Gasteiger charge is -2.37. The molecule has 3 nitrogen and oxygen atoms in total. The number of anilines is 1. The van der Waals surface area contributed by atoms with Gasteiger partial charge in [0.25, 0.3) is 0 Å². The van der Waals surface area contributed by atoms with E-state index >= 15 is 0 Å². The van der Waals surface area contributed by atoms with Gasteiger partial charge < -0.3 is 9.80 Å². The third-order valence-corrected chi connectivity index (χ3v) is 5.10. The van der Waals surface area contributed by atoms with Crippen LogP contribution in [0.5, 0.6) is 0 Å². The molecule has 2 fully saturated rings. The normalized spacial score (nSPS) is 25.0. The van der Waals surface area contributed by atoms with Crippen LogP contribution in [-0.2, 0) is 0 Å². The Hall–Kier alpha value is -1.06. The number of hydrogen-bond donors (Lipinski definition) is 0. The summed E-state index contributed by atoms with van der Waals surface area (Å²) in [5, 5.41) is 0. The van der Waals surface area contributed by atoms with Crippen molar-refractivity contribution in [1.82, 2.24) is 9.80 Å². The fourth-order valence-electron chi connectivity index (χ4n) is 3.85. The lowest BCUT2D eigenvalue weighted by atomic mass is 10.0. The van der Waals surface area contributed by atoms with E-state index in [1.54, 1.807) is 5.56 Å². The Balaban J connectivity index is 1.85. The number of benzene rings is 1. The number of rotatable bonds is 3. The topological polar surface area (TPSA) is 9.72 Å². The van der Waals surface area contributed by atoms with Crippen LogP contribution < -0.4 is 4.90 Å². The lowest BCUT2D eigenvalue weighted by molar-refractivity contribution is 0.205. The molecule has 0 bridgehead atoms. The third-order valence-electron chi connectivity index (χ3n) is 5.10. The molecule has 1 unspecified atom stereocenters. The molecule has 0 spiro atoms. The highest BCUT2D eigenvalue weighted by Crippen LogP contribution is 2.38. The van der Waals surface area contributed by atoms with Crippen molar-refractivity contribution in [1.29, 1.82) is 0 Å². The van der Waals surface area contributed by atoms with E-state index in [0.717, 1.165) is 13.1 Å². The second kappa shape index (κ2) is 6.37. The molecular weight excluding hydrogens is 258 g/mol. The van der Waals surface area contributed by atoms with Crippen LogP contribution in [0.3, 0.4) is 0 Å². The van der Waals surface area contributed by atoms with Gasteiger partial charge in [-0.25, -0.2) is 0 Å². The van der Waals surface area contributed by atoms with Gasteiger partial charge in [-0.2, -0.15) is 0 Å². The predicted octanol–water partition coefficient (Wildman–Crippen LogP) is 2.98. The van der Waals surface area contributed by atoms with E-state index < -0.39 is 0 Å². The predicted molar refractivity (Wildman–Crippen MR) is 90.0 cm³/mol. The molecule has 0 radical (unpaired) electrons. The average Bonchev–Trinajstić information content (AvgIpc) is 2.98. The Morgan fingerprint density at radius 1 is 1.00 bits per heavy atom. The molecule has 3 heteroatoms. The molecule has 0 N–H and O–H groups in total. The van der Waals surface area contributed by atoms with Gasteiger partial charge in [-0.05, 0) is 51.9 Å². The molecule has 0 aliphatic carbocycles. The van der Waals surface area contributed by atoms with Gasteiger partial charge in [0.15, 0.2) is 0 Å². The summed E-state index contributed by atoms with van der Waals surface area (Å²) in [6.07, 6.45) is 2.64. The number of hydrogen-bond acceptors (Lipinski definition) is 3. The standard InChI is InChI=1S/C18H29N3/c1-15(2)21-10-6-9-18(21)16-7-4-5-8-17(16)20-13-11-19(3)12-14-20/h4-5,7-8,15,18H,6,9-14H2,1-3H3. The molecule has 1 atom stereocenters. The van der Waals surface area contributed by atoms with Gasteiger partial charge in [0.2, 0.25) is 0 Å². The average molecular weight is 287 g/mol. The third kappa shape index (κ3) is 3.09. The molecule has 3 rings (SSSR count). The molecule has 0 saturated carbocycles. The lowest BCUT2D eigenvalue weighted by Crippen LogP contribution is -2.45. The zero-order valence-corrected chi connectivity index (χ0v) is 13.8. The molecule has 1 aromatic rings. The molecule has 2 aliphatic rings. The fourth-order valence-corrected chi connectivity index (χ4v) is 3.85. The number of para-hydroxylation sites is 1. The van der Waals surface area contributed by atoms with Gasteiger partial charge in [-0.1, -0.05) is 18.2 Å². The van der Waals surface area contributed by atoms with Crippen LogP contribution in [-0.4, -0.2) is 55.6 Å². The van der Waals surface area contributed by atoms with Gasteiger partial charge >= 0.3 is 0 Å².